The Kier molecular flexibility index (Phi) is 4.61. The predicted octanol–water partition coefficient (Wildman–Crippen LogP) is 1.49. The van der Waals surface area contributed by atoms with Crippen molar-refractivity contribution in [2.45, 2.75) is 26.4 Å². The lowest BCUT2D eigenvalue weighted by Crippen LogP contribution is -2.36. The molecule has 0 aliphatic carbocycles. The van der Waals surface area contributed by atoms with E-state index in [1.165, 1.54) is 20.4 Å². The molecule has 0 bridgehead atoms. The van der Waals surface area contributed by atoms with Crippen molar-refractivity contribution >= 4 is 5.78 Å². The van der Waals surface area contributed by atoms with Crippen molar-refractivity contribution < 1.29 is 19.0 Å². The van der Waals surface area contributed by atoms with Crippen LogP contribution in [0.4, 0.5) is 0 Å². The summed E-state index contributed by atoms with van der Waals surface area (Å²) in [6.07, 6.45) is 1.37. The number of ether oxygens (including phenoxy) is 3. The van der Waals surface area contributed by atoms with E-state index in [-0.39, 0.29) is 23.2 Å². The molecule has 0 atom stereocenters. The maximum Gasteiger partial charge on any atom is 0.246 e. The molecule has 0 aromatic carbocycles. The minimum absolute atomic E-state index is 0.132. The van der Waals surface area contributed by atoms with Crippen LogP contribution in [0.15, 0.2) is 6.20 Å². The Bertz CT molecular complexity index is 432. The number of hydrogen-bond donors (Lipinski definition) is 0. The highest BCUT2D eigenvalue weighted by Gasteiger charge is 2.33. The molecular formula is C12H18N2O4. The summed E-state index contributed by atoms with van der Waals surface area (Å²) in [4.78, 5) is 20.3. The predicted molar refractivity (Wildman–Crippen MR) is 65.2 cm³/mol. The minimum atomic E-state index is -0.967. The fourth-order valence-corrected chi connectivity index (χ4v) is 1.46. The van der Waals surface area contributed by atoms with Gasteiger partial charge in [-0.1, -0.05) is 0 Å². The summed E-state index contributed by atoms with van der Waals surface area (Å²) in [6.45, 7) is 5.63. The number of hydrogen-bond acceptors (Lipinski definition) is 6. The molecule has 0 unspecified atom stereocenters. The first kappa shape index (κ1) is 14.4. The summed E-state index contributed by atoms with van der Waals surface area (Å²) < 4.78 is 15.4. The van der Waals surface area contributed by atoms with Gasteiger partial charge >= 0.3 is 0 Å². The van der Waals surface area contributed by atoms with E-state index >= 15 is 0 Å². The third kappa shape index (κ3) is 2.95. The van der Waals surface area contributed by atoms with Gasteiger partial charge in [-0.3, -0.25) is 4.79 Å². The lowest BCUT2D eigenvalue weighted by Gasteiger charge is -2.22. The first-order valence-electron chi connectivity index (χ1n) is 5.60. The van der Waals surface area contributed by atoms with Crippen molar-refractivity contribution in [2.24, 2.45) is 0 Å². The lowest BCUT2D eigenvalue weighted by molar-refractivity contribution is 0.000590. The van der Waals surface area contributed by atoms with Gasteiger partial charge in [-0.15, -0.1) is 0 Å². The molecule has 18 heavy (non-hydrogen) atoms. The van der Waals surface area contributed by atoms with Crippen molar-refractivity contribution in [3.63, 3.8) is 0 Å². The number of methoxy groups -OCH3 is 2. The monoisotopic (exact) mass is 254 g/mol. The van der Waals surface area contributed by atoms with Gasteiger partial charge < -0.3 is 14.2 Å². The molecule has 1 rings (SSSR count). The Balaban J connectivity index is 3.13. The van der Waals surface area contributed by atoms with Crippen molar-refractivity contribution in [1.29, 1.82) is 0 Å². The van der Waals surface area contributed by atoms with Crippen LogP contribution in [-0.4, -0.2) is 42.2 Å². The highest BCUT2D eigenvalue weighted by atomic mass is 16.5. The fourth-order valence-electron chi connectivity index (χ4n) is 1.46. The number of Topliss-reactive ketones (excluding diaryl/α,β-unsaturated/α-hetero) is 1. The second-order valence-corrected chi connectivity index (χ2v) is 4.04. The standard InChI is InChI=1S/C12H18N2O4/c1-6-18-12(2,3)10(15)9-11(17-5)14-8(16-4)7-13-9/h7H,6H2,1-5H3. The van der Waals surface area contributed by atoms with Crippen LogP contribution in [0, 0.1) is 0 Å². The zero-order chi connectivity index (χ0) is 13.8. The fraction of sp³-hybridized carbons (Fsp3) is 0.583. The third-order valence-corrected chi connectivity index (χ3v) is 2.39. The van der Waals surface area contributed by atoms with Crippen molar-refractivity contribution in [2.75, 3.05) is 20.8 Å². The number of rotatable bonds is 6. The smallest absolute Gasteiger partial charge is 0.246 e. The lowest BCUT2D eigenvalue weighted by atomic mass is 10.0. The van der Waals surface area contributed by atoms with E-state index in [1.807, 2.05) is 6.92 Å². The molecule has 1 aromatic heterocycles. The maximum atomic E-state index is 12.3. The second kappa shape index (κ2) is 5.77. The Hall–Kier alpha value is -1.69. The summed E-state index contributed by atoms with van der Waals surface area (Å²) in [6, 6.07) is 0. The largest absolute Gasteiger partial charge is 0.480 e. The SMILES string of the molecule is CCOC(C)(C)C(=O)c1ncc(OC)nc1OC. The average Bonchev–Trinajstić information content (AvgIpc) is 2.37. The van der Waals surface area contributed by atoms with Gasteiger partial charge in [0, 0.05) is 6.61 Å². The van der Waals surface area contributed by atoms with Crippen LogP contribution in [0.2, 0.25) is 0 Å². The molecule has 0 saturated heterocycles. The van der Waals surface area contributed by atoms with E-state index in [1.54, 1.807) is 13.8 Å². The average molecular weight is 254 g/mol. The molecule has 0 aliphatic rings. The molecule has 6 heteroatoms. The van der Waals surface area contributed by atoms with Gasteiger partial charge in [-0.2, -0.15) is 4.98 Å². The van der Waals surface area contributed by atoms with Gasteiger partial charge in [0.1, 0.15) is 5.60 Å². The van der Waals surface area contributed by atoms with Crippen LogP contribution in [0.25, 0.3) is 0 Å². The van der Waals surface area contributed by atoms with Gasteiger partial charge in [-0.25, -0.2) is 4.98 Å². The number of aromatic nitrogens is 2. The highest BCUT2D eigenvalue weighted by molar-refractivity contribution is 6.02. The molecule has 6 nitrogen and oxygen atoms in total. The van der Waals surface area contributed by atoms with Crippen molar-refractivity contribution in [3.8, 4) is 11.8 Å². The number of carbonyl (C=O) groups excluding carboxylic acids is 1. The third-order valence-electron chi connectivity index (χ3n) is 2.39. The minimum Gasteiger partial charge on any atom is -0.480 e. The van der Waals surface area contributed by atoms with E-state index in [0.717, 1.165) is 0 Å². The molecular weight excluding hydrogens is 236 g/mol. The van der Waals surface area contributed by atoms with E-state index in [0.29, 0.717) is 6.61 Å². The maximum absolute atomic E-state index is 12.3. The Morgan fingerprint density at radius 1 is 1.33 bits per heavy atom. The molecule has 0 spiro atoms. The quantitative estimate of drug-likeness (QED) is 0.716. The Morgan fingerprint density at radius 2 is 2.00 bits per heavy atom. The van der Waals surface area contributed by atoms with Gasteiger partial charge in [-0.05, 0) is 20.8 Å². The molecule has 0 saturated carbocycles. The molecule has 0 aliphatic heterocycles. The first-order valence-corrected chi connectivity index (χ1v) is 5.60. The zero-order valence-corrected chi connectivity index (χ0v) is 11.3. The van der Waals surface area contributed by atoms with Crippen LogP contribution < -0.4 is 9.47 Å². The van der Waals surface area contributed by atoms with Crippen molar-refractivity contribution in [1.82, 2.24) is 9.97 Å². The topological polar surface area (TPSA) is 70.5 Å². The van der Waals surface area contributed by atoms with E-state index in [2.05, 4.69) is 9.97 Å². The molecule has 0 fully saturated rings. The first-order chi connectivity index (χ1) is 8.46. The van der Waals surface area contributed by atoms with E-state index < -0.39 is 5.60 Å². The van der Waals surface area contributed by atoms with Crippen LogP contribution in [0.1, 0.15) is 31.3 Å². The Morgan fingerprint density at radius 3 is 2.50 bits per heavy atom. The molecule has 100 valence electrons. The summed E-state index contributed by atoms with van der Waals surface area (Å²) in [5, 5.41) is 0. The van der Waals surface area contributed by atoms with Gasteiger partial charge in [0.15, 0.2) is 5.69 Å². The van der Waals surface area contributed by atoms with E-state index in [9.17, 15) is 4.79 Å². The number of ketones is 1. The second-order valence-electron chi connectivity index (χ2n) is 4.04. The van der Waals surface area contributed by atoms with Crippen LogP contribution in [-0.2, 0) is 4.74 Å². The summed E-state index contributed by atoms with van der Waals surface area (Å²) in [5.41, 5.74) is -0.831. The van der Waals surface area contributed by atoms with Gasteiger partial charge in [0.05, 0.1) is 20.4 Å². The van der Waals surface area contributed by atoms with Gasteiger partial charge in [0.2, 0.25) is 17.5 Å². The molecule has 1 heterocycles. The van der Waals surface area contributed by atoms with Crippen LogP contribution >= 0.6 is 0 Å². The summed E-state index contributed by atoms with van der Waals surface area (Å²) in [5.74, 6) is 0.140. The molecule has 0 amide bonds. The Labute approximate surface area is 106 Å². The normalized spacial score (nSPS) is 11.2. The molecule has 1 aromatic rings. The summed E-state index contributed by atoms with van der Waals surface area (Å²) >= 11 is 0. The zero-order valence-electron chi connectivity index (χ0n) is 11.3. The number of nitrogens with zero attached hydrogens (tertiary/aromatic N) is 2. The van der Waals surface area contributed by atoms with Crippen LogP contribution in [0.5, 0.6) is 11.8 Å². The number of carbonyl (C=O) groups is 1. The van der Waals surface area contributed by atoms with Crippen LogP contribution in [0.3, 0.4) is 0 Å². The van der Waals surface area contributed by atoms with Crippen molar-refractivity contribution in [3.05, 3.63) is 11.9 Å². The highest BCUT2D eigenvalue weighted by Crippen LogP contribution is 2.23. The summed E-state index contributed by atoms with van der Waals surface area (Å²) in [7, 11) is 2.89. The van der Waals surface area contributed by atoms with E-state index in [4.69, 9.17) is 14.2 Å². The molecule has 0 radical (unpaired) electrons. The van der Waals surface area contributed by atoms with Gasteiger partial charge in [0.25, 0.3) is 0 Å². The molecule has 0 N–H and O–H groups in total.